The average molecular weight is 380 g/mol. The molecule has 7 heteroatoms. The van der Waals surface area contributed by atoms with Crippen LogP contribution in [0.15, 0.2) is 48.8 Å². The Labute approximate surface area is 163 Å². The second-order valence-electron chi connectivity index (χ2n) is 7.11. The third-order valence-electron chi connectivity index (χ3n) is 5.06. The van der Waals surface area contributed by atoms with Gasteiger partial charge in [0, 0.05) is 36.1 Å². The number of anilines is 1. The zero-order chi connectivity index (χ0) is 19.5. The molecule has 4 rings (SSSR count). The lowest BCUT2D eigenvalue weighted by atomic mass is 10.1. The molecular weight excluding hydrogens is 356 g/mol. The van der Waals surface area contributed by atoms with Crippen molar-refractivity contribution in [3.05, 3.63) is 54.5 Å². The van der Waals surface area contributed by atoms with Gasteiger partial charge in [-0.2, -0.15) is 0 Å². The van der Waals surface area contributed by atoms with Gasteiger partial charge in [0.05, 0.1) is 12.8 Å². The van der Waals surface area contributed by atoms with E-state index in [0.29, 0.717) is 23.8 Å². The van der Waals surface area contributed by atoms with Crippen LogP contribution in [0.5, 0.6) is 11.5 Å². The van der Waals surface area contributed by atoms with E-state index < -0.39 is 0 Å². The first-order valence-corrected chi connectivity index (χ1v) is 9.42. The van der Waals surface area contributed by atoms with Crippen molar-refractivity contribution in [1.29, 1.82) is 0 Å². The molecule has 1 aromatic carbocycles. The second kappa shape index (κ2) is 7.90. The first kappa shape index (κ1) is 18.3. The zero-order valence-corrected chi connectivity index (χ0v) is 15.8. The van der Waals surface area contributed by atoms with Crippen LogP contribution in [0.1, 0.15) is 25.0 Å². The third kappa shape index (κ3) is 3.94. The maximum absolute atomic E-state index is 12.5. The lowest BCUT2D eigenvalue weighted by molar-refractivity contribution is -0.119. The Balaban J connectivity index is 1.46. The van der Waals surface area contributed by atoms with Gasteiger partial charge < -0.3 is 24.9 Å². The fourth-order valence-electron chi connectivity index (χ4n) is 3.57. The van der Waals surface area contributed by atoms with E-state index in [-0.39, 0.29) is 17.9 Å². The number of nitrogens with two attached hydrogens (primary N) is 1. The number of nitrogens with zero attached hydrogens (tertiary/aromatic N) is 2. The van der Waals surface area contributed by atoms with E-state index in [1.54, 1.807) is 19.2 Å². The van der Waals surface area contributed by atoms with Crippen molar-refractivity contribution in [2.45, 2.75) is 31.9 Å². The lowest BCUT2D eigenvalue weighted by Gasteiger charge is -2.14. The Morgan fingerprint density at radius 2 is 2.18 bits per heavy atom. The first-order valence-electron chi connectivity index (χ1n) is 9.42. The van der Waals surface area contributed by atoms with Crippen LogP contribution >= 0.6 is 0 Å². The minimum Gasteiger partial charge on any atom is -0.493 e. The maximum atomic E-state index is 12.5. The highest BCUT2D eigenvalue weighted by molar-refractivity contribution is 5.93. The highest BCUT2D eigenvalue weighted by atomic mass is 16.5. The quantitative estimate of drug-likeness (QED) is 0.686. The molecule has 0 radical (unpaired) electrons. The molecule has 28 heavy (non-hydrogen) atoms. The number of nitrogens with one attached hydrogen (secondary N) is 1. The van der Waals surface area contributed by atoms with Crippen LogP contribution in [0.25, 0.3) is 5.65 Å². The zero-order valence-electron chi connectivity index (χ0n) is 15.8. The van der Waals surface area contributed by atoms with Crippen LogP contribution in [0.3, 0.4) is 0 Å². The van der Waals surface area contributed by atoms with Gasteiger partial charge in [-0.3, -0.25) is 4.79 Å². The number of ether oxygens (including phenoxy) is 2. The van der Waals surface area contributed by atoms with Crippen LogP contribution in [0.2, 0.25) is 0 Å². The predicted molar refractivity (Wildman–Crippen MR) is 106 cm³/mol. The van der Waals surface area contributed by atoms with Crippen molar-refractivity contribution < 1.29 is 14.3 Å². The molecule has 7 nitrogen and oxygen atoms in total. The molecule has 2 heterocycles. The predicted octanol–water partition coefficient (Wildman–Crippen LogP) is 2.99. The maximum Gasteiger partial charge on any atom is 0.227 e. The summed E-state index contributed by atoms with van der Waals surface area (Å²) in [5, 5.41) is 2.97. The molecule has 0 bridgehead atoms. The van der Waals surface area contributed by atoms with E-state index in [1.165, 1.54) is 0 Å². The number of hydrogen-bond donors (Lipinski definition) is 2. The molecule has 2 aromatic heterocycles. The molecule has 1 saturated carbocycles. The number of hydrogen-bond acceptors (Lipinski definition) is 5. The normalized spacial score (nSPS) is 18.9. The summed E-state index contributed by atoms with van der Waals surface area (Å²) in [6.07, 6.45) is 6.34. The van der Waals surface area contributed by atoms with Crippen LogP contribution in [-0.4, -0.2) is 28.4 Å². The smallest absolute Gasteiger partial charge is 0.227 e. The van der Waals surface area contributed by atoms with Gasteiger partial charge in [-0.05, 0) is 43.5 Å². The number of rotatable bonds is 6. The fourth-order valence-corrected chi connectivity index (χ4v) is 3.57. The van der Waals surface area contributed by atoms with Crippen molar-refractivity contribution in [2.75, 3.05) is 12.4 Å². The molecule has 1 amide bonds. The van der Waals surface area contributed by atoms with E-state index in [0.717, 1.165) is 30.6 Å². The summed E-state index contributed by atoms with van der Waals surface area (Å²) in [4.78, 5) is 17.0. The van der Waals surface area contributed by atoms with Crippen molar-refractivity contribution >= 4 is 17.2 Å². The van der Waals surface area contributed by atoms with Gasteiger partial charge in [-0.1, -0.05) is 6.07 Å². The summed E-state index contributed by atoms with van der Waals surface area (Å²) in [7, 11) is 1.59. The van der Waals surface area contributed by atoms with Crippen LogP contribution in [0.4, 0.5) is 5.69 Å². The monoisotopic (exact) mass is 380 g/mol. The molecule has 2 atom stereocenters. The molecule has 0 saturated heterocycles. The van der Waals surface area contributed by atoms with Gasteiger partial charge in [-0.25, -0.2) is 4.98 Å². The third-order valence-corrected chi connectivity index (χ3v) is 5.06. The molecule has 146 valence electrons. The number of amides is 1. The Hall–Kier alpha value is -3.06. The lowest BCUT2D eigenvalue weighted by Crippen LogP contribution is -2.23. The number of benzene rings is 1. The van der Waals surface area contributed by atoms with Gasteiger partial charge in [0.15, 0.2) is 11.5 Å². The largest absolute Gasteiger partial charge is 0.493 e. The Kier molecular flexibility index (Phi) is 5.16. The fraction of sp³-hybridized carbons (Fsp3) is 0.333. The number of methoxy groups -OCH3 is 1. The number of pyridine rings is 1. The summed E-state index contributed by atoms with van der Waals surface area (Å²) in [5.74, 6) is 1.13. The van der Waals surface area contributed by atoms with Gasteiger partial charge >= 0.3 is 0 Å². The molecule has 0 spiro atoms. The minimum atomic E-state index is -0.0283. The van der Waals surface area contributed by atoms with Crippen molar-refractivity contribution in [3.63, 3.8) is 0 Å². The molecule has 1 aliphatic carbocycles. The van der Waals surface area contributed by atoms with Gasteiger partial charge in [0.1, 0.15) is 12.3 Å². The average Bonchev–Trinajstić information content (AvgIpc) is 3.32. The van der Waals surface area contributed by atoms with Crippen molar-refractivity contribution in [1.82, 2.24) is 9.38 Å². The van der Waals surface area contributed by atoms with Crippen LogP contribution in [-0.2, 0) is 11.4 Å². The molecule has 0 aliphatic heterocycles. The Morgan fingerprint density at radius 1 is 1.29 bits per heavy atom. The second-order valence-corrected chi connectivity index (χ2v) is 7.11. The summed E-state index contributed by atoms with van der Waals surface area (Å²) >= 11 is 0. The Bertz CT molecular complexity index is 952. The molecule has 1 aliphatic rings. The summed E-state index contributed by atoms with van der Waals surface area (Å²) < 4.78 is 13.3. The standard InChI is InChI=1S/C21H24N4O3/c1-27-18-8-7-16(24-21(26)14-5-6-15(22)10-14)11-19(18)28-13-17-12-25-9-3-2-4-20(25)23-17/h2-4,7-9,11-12,14-15H,5-6,10,13,22H2,1H3,(H,24,26). The van der Waals surface area contributed by atoms with Crippen molar-refractivity contribution in [3.8, 4) is 11.5 Å². The summed E-state index contributed by atoms with van der Waals surface area (Å²) in [5.41, 5.74) is 8.27. The van der Waals surface area contributed by atoms with Crippen LogP contribution < -0.4 is 20.5 Å². The van der Waals surface area contributed by atoms with Gasteiger partial charge in [0.25, 0.3) is 0 Å². The number of carbonyl (C=O) groups excluding carboxylic acids is 1. The van der Waals surface area contributed by atoms with Crippen molar-refractivity contribution in [2.24, 2.45) is 11.7 Å². The van der Waals surface area contributed by atoms with E-state index in [2.05, 4.69) is 10.3 Å². The highest BCUT2D eigenvalue weighted by Gasteiger charge is 2.27. The summed E-state index contributed by atoms with van der Waals surface area (Å²) in [6.45, 7) is 0.299. The van der Waals surface area contributed by atoms with E-state index >= 15 is 0 Å². The first-order chi connectivity index (χ1) is 13.6. The van der Waals surface area contributed by atoms with E-state index in [1.807, 2.05) is 41.1 Å². The molecule has 3 aromatic rings. The van der Waals surface area contributed by atoms with Crippen LogP contribution in [0, 0.1) is 5.92 Å². The van der Waals surface area contributed by atoms with Gasteiger partial charge in [0.2, 0.25) is 5.91 Å². The number of carbonyl (C=O) groups is 1. The number of fused-ring (bicyclic) bond motifs is 1. The van der Waals surface area contributed by atoms with E-state index in [4.69, 9.17) is 15.2 Å². The molecule has 1 fully saturated rings. The number of imidazole rings is 1. The SMILES string of the molecule is COc1ccc(NC(=O)C2CCC(N)C2)cc1OCc1cn2ccccc2n1. The molecule has 3 N–H and O–H groups in total. The summed E-state index contributed by atoms with van der Waals surface area (Å²) in [6, 6.07) is 11.3. The Morgan fingerprint density at radius 3 is 2.93 bits per heavy atom. The minimum absolute atomic E-state index is 0.00409. The topological polar surface area (TPSA) is 90.9 Å². The molecule has 2 unspecified atom stereocenters. The molecular formula is C21H24N4O3. The van der Waals surface area contributed by atoms with Gasteiger partial charge in [-0.15, -0.1) is 0 Å². The van der Waals surface area contributed by atoms with E-state index in [9.17, 15) is 4.79 Å². The number of aromatic nitrogens is 2. The highest BCUT2D eigenvalue weighted by Crippen LogP contribution is 2.32.